The van der Waals surface area contributed by atoms with Crippen molar-refractivity contribution in [2.75, 3.05) is 5.73 Å². The Kier molecular flexibility index (Phi) is 4.74. The third kappa shape index (κ3) is 2.93. The highest BCUT2D eigenvalue weighted by Crippen LogP contribution is 2.66. The second-order valence-electron chi connectivity index (χ2n) is 11.6. The predicted octanol–water partition coefficient (Wildman–Crippen LogP) is 4.92. The van der Waals surface area contributed by atoms with Crippen LogP contribution in [0.3, 0.4) is 0 Å². The molecule has 0 saturated heterocycles. The van der Waals surface area contributed by atoms with E-state index in [4.69, 9.17) is 5.73 Å². The first-order valence-corrected chi connectivity index (χ1v) is 12.2. The molecule has 0 amide bonds. The molecule has 1 aromatic heterocycles. The summed E-state index contributed by atoms with van der Waals surface area (Å²) in [5, 5.41) is 24.4. The first-order valence-electron chi connectivity index (χ1n) is 12.2. The molecule has 0 aliphatic heterocycles. The fourth-order valence-electron chi connectivity index (χ4n) is 8.87. The van der Waals surface area contributed by atoms with E-state index in [1.54, 1.807) is 6.20 Å². The van der Waals surface area contributed by atoms with E-state index in [0.29, 0.717) is 22.7 Å². The second kappa shape index (κ2) is 6.99. The summed E-state index contributed by atoms with van der Waals surface area (Å²) in [6.07, 6.45) is 12.7. The van der Waals surface area contributed by atoms with Gasteiger partial charge in [-0.2, -0.15) is 10.4 Å². The van der Waals surface area contributed by atoms with E-state index in [1.807, 2.05) is 4.68 Å². The number of aliphatic hydroxyl groups is 1. The molecular formula is C25H38N4O. The van der Waals surface area contributed by atoms with E-state index >= 15 is 0 Å². The van der Waals surface area contributed by atoms with Crippen LogP contribution in [0.1, 0.15) is 90.2 Å². The number of aromatic nitrogens is 2. The zero-order valence-electron chi connectivity index (χ0n) is 18.8. The maximum atomic E-state index is 10.6. The van der Waals surface area contributed by atoms with Crippen molar-refractivity contribution in [1.82, 2.24) is 9.78 Å². The van der Waals surface area contributed by atoms with Crippen molar-refractivity contribution < 1.29 is 5.11 Å². The van der Waals surface area contributed by atoms with Gasteiger partial charge in [-0.1, -0.05) is 6.92 Å². The Labute approximate surface area is 181 Å². The van der Waals surface area contributed by atoms with Gasteiger partial charge in [0.25, 0.3) is 0 Å². The van der Waals surface area contributed by atoms with Gasteiger partial charge in [-0.25, -0.2) is 4.68 Å². The highest BCUT2D eigenvalue weighted by molar-refractivity contribution is 5.47. The van der Waals surface area contributed by atoms with E-state index in [-0.39, 0.29) is 6.04 Å². The lowest BCUT2D eigenvalue weighted by atomic mass is 9.49. The summed E-state index contributed by atoms with van der Waals surface area (Å²) < 4.78 is 1.92. The first kappa shape index (κ1) is 20.4. The van der Waals surface area contributed by atoms with Crippen molar-refractivity contribution in [2.45, 2.75) is 90.2 Å². The summed E-state index contributed by atoms with van der Waals surface area (Å²) in [4.78, 5) is 0. The average Bonchev–Trinajstić information content (AvgIpc) is 3.25. The van der Waals surface area contributed by atoms with Gasteiger partial charge in [-0.3, -0.25) is 0 Å². The van der Waals surface area contributed by atoms with E-state index < -0.39 is 5.60 Å². The number of nitriles is 1. The van der Waals surface area contributed by atoms with Gasteiger partial charge in [-0.15, -0.1) is 0 Å². The van der Waals surface area contributed by atoms with Crippen LogP contribution >= 0.6 is 0 Å². The summed E-state index contributed by atoms with van der Waals surface area (Å²) >= 11 is 0. The fourth-order valence-corrected chi connectivity index (χ4v) is 8.87. The second-order valence-corrected chi connectivity index (χ2v) is 11.6. The van der Waals surface area contributed by atoms with Crippen molar-refractivity contribution in [3.05, 3.63) is 11.8 Å². The Hall–Kier alpha value is -1.54. The Balaban J connectivity index is 1.37. The van der Waals surface area contributed by atoms with Crippen LogP contribution in [0.25, 0.3) is 0 Å². The molecule has 30 heavy (non-hydrogen) atoms. The zero-order chi connectivity index (χ0) is 21.3. The summed E-state index contributed by atoms with van der Waals surface area (Å²) in [7, 11) is 0. The van der Waals surface area contributed by atoms with Crippen molar-refractivity contribution in [2.24, 2.45) is 40.9 Å². The number of nitrogens with zero attached hydrogens (tertiary/aromatic N) is 3. The molecule has 4 aliphatic rings. The van der Waals surface area contributed by atoms with Crippen molar-refractivity contribution in [1.29, 1.82) is 5.26 Å². The van der Waals surface area contributed by atoms with Gasteiger partial charge < -0.3 is 10.8 Å². The molecule has 1 aromatic rings. The standard InChI is InChI=1S/C25H38N4O/c1-15(29-23(27)17(13-26)14-28-29)21-6-7-22-20-5-4-16-12-24(2,30)10-8-18(16)19(20)9-11-25(21,22)3/h14-16,18-22,30H,4-12,27H2,1-3H3/t15?,16-,18+,19-,20-,21-,22+,24-,25-/m1/s1. The van der Waals surface area contributed by atoms with Crippen LogP contribution in [-0.2, 0) is 0 Å². The fraction of sp³-hybridized carbons (Fsp3) is 0.840. The largest absolute Gasteiger partial charge is 0.390 e. The molecule has 5 rings (SSSR count). The molecule has 9 atom stereocenters. The molecule has 0 bridgehead atoms. The predicted molar refractivity (Wildman–Crippen MR) is 117 cm³/mol. The summed E-state index contributed by atoms with van der Waals surface area (Å²) in [5.74, 6) is 5.21. The lowest BCUT2D eigenvalue weighted by molar-refractivity contribution is -0.102. The average molecular weight is 411 g/mol. The molecule has 1 heterocycles. The van der Waals surface area contributed by atoms with Crippen LogP contribution in [0.4, 0.5) is 5.82 Å². The SMILES string of the molecule is CC([C@H]1CC[C@H]2[C@@H]3CC[C@@H]4C[C@](C)(O)CC[C@@H]4[C@H]3CC[C@]12C)n1ncc(C#N)c1N. The van der Waals surface area contributed by atoms with Crippen molar-refractivity contribution in [3.63, 3.8) is 0 Å². The minimum Gasteiger partial charge on any atom is -0.390 e. The minimum atomic E-state index is -0.433. The Morgan fingerprint density at radius 3 is 2.63 bits per heavy atom. The van der Waals surface area contributed by atoms with Crippen LogP contribution in [-0.4, -0.2) is 20.5 Å². The van der Waals surface area contributed by atoms with Crippen LogP contribution in [0.15, 0.2) is 6.20 Å². The quantitative estimate of drug-likeness (QED) is 0.724. The topological polar surface area (TPSA) is 87.9 Å². The molecule has 4 saturated carbocycles. The normalized spacial score (nSPS) is 46.4. The summed E-state index contributed by atoms with van der Waals surface area (Å²) in [6, 6.07) is 2.41. The molecule has 164 valence electrons. The van der Waals surface area contributed by atoms with Crippen LogP contribution in [0, 0.1) is 52.3 Å². The van der Waals surface area contributed by atoms with Gasteiger partial charge >= 0.3 is 0 Å². The molecule has 0 radical (unpaired) electrons. The number of hydrogen-bond donors (Lipinski definition) is 2. The highest BCUT2D eigenvalue weighted by atomic mass is 16.3. The third-order valence-electron chi connectivity index (χ3n) is 10.2. The smallest absolute Gasteiger partial charge is 0.140 e. The number of fused-ring (bicyclic) bond motifs is 5. The molecule has 1 unspecified atom stereocenters. The highest BCUT2D eigenvalue weighted by Gasteiger charge is 2.58. The minimum absolute atomic E-state index is 0.236. The molecule has 4 fully saturated rings. The number of anilines is 1. The molecule has 0 aromatic carbocycles. The Morgan fingerprint density at radius 1 is 1.13 bits per heavy atom. The van der Waals surface area contributed by atoms with E-state index in [2.05, 4.69) is 31.9 Å². The van der Waals surface area contributed by atoms with Crippen molar-refractivity contribution in [3.8, 4) is 6.07 Å². The number of nitrogen functional groups attached to an aromatic ring is 1. The molecular weight excluding hydrogens is 372 g/mol. The van der Waals surface area contributed by atoms with Crippen LogP contribution in [0.2, 0.25) is 0 Å². The van der Waals surface area contributed by atoms with Crippen LogP contribution in [0.5, 0.6) is 0 Å². The maximum Gasteiger partial charge on any atom is 0.140 e. The van der Waals surface area contributed by atoms with Gasteiger partial charge in [-0.05, 0) is 113 Å². The van der Waals surface area contributed by atoms with Gasteiger partial charge in [0.05, 0.1) is 17.8 Å². The monoisotopic (exact) mass is 410 g/mol. The van der Waals surface area contributed by atoms with E-state index in [0.717, 1.165) is 42.4 Å². The maximum absolute atomic E-state index is 10.6. The molecule has 5 nitrogen and oxygen atoms in total. The van der Waals surface area contributed by atoms with Crippen molar-refractivity contribution >= 4 is 5.82 Å². The summed E-state index contributed by atoms with van der Waals surface area (Å²) in [5.41, 5.74) is 6.66. The van der Waals surface area contributed by atoms with Gasteiger partial charge in [0, 0.05) is 0 Å². The summed E-state index contributed by atoms with van der Waals surface area (Å²) in [6.45, 7) is 6.86. The molecule has 0 spiro atoms. The zero-order valence-corrected chi connectivity index (χ0v) is 18.8. The van der Waals surface area contributed by atoms with Gasteiger partial charge in [0.2, 0.25) is 0 Å². The lowest BCUT2D eigenvalue weighted by Crippen LogP contribution is -2.51. The Bertz CT molecular complexity index is 854. The first-order chi connectivity index (χ1) is 14.2. The number of rotatable bonds is 2. The molecule has 3 N–H and O–H groups in total. The van der Waals surface area contributed by atoms with Crippen LogP contribution < -0.4 is 5.73 Å². The third-order valence-corrected chi connectivity index (χ3v) is 10.2. The molecule has 4 aliphatic carbocycles. The number of nitrogens with two attached hydrogens (primary N) is 1. The van der Waals surface area contributed by atoms with Gasteiger partial charge in [0.1, 0.15) is 17.5 Å². The van der Waals surface area contributed by atoms with E-state index in [9.17, 15) is 10.4 Å². The van der Waals surface area contributed by atoms with E-state index in [1.165, 1.54) is 44.9 Å². The lowest BCUT2D eigenvalue weighted by Gasteiger charge is -2.57. The number of hydrogen-bond acceptors (Lipinski definition) is 4. The molecule has 5 heteroatoms. The Morgan fingerprint density at radius 2 is 1.90 bits per heavy atom. The van der Waals surface area contributed by atoms with Gasteiger partial charge in [0.15, 0.2) is 0 Å².